The summed E-state index contributed by atoms with van der Waals surface area (Å²) in [7, 11) is 1.86. The van der Waals surface area contributed by atoms with Gasteiger partial charge in [-0.2, -0.15) is 22.8 Å². The van der Waals surface area contributed by atoms with Gasteiger partial charge in [0.15, 0.2) is 5.82 Å². The first-order chi connectivity index (χ1) is 15.1. The van der Waals surface area contributed by atoms with Crippen LogP contribution in [0.3, 0.4) is 0 Å². The molecule has 0 unspecified atom stereocenters. The van der Waals surface area contributed by atoms with Gasteiger partial charge < -0.3 is 4.57 Å². The number of allylic oxidation sites excluding steroid dienone is 1. The lowest BCUT2D eigenvalue weighted by atomic mass is 10.2. The molecule has 0 N–H and O–H groups in total. The summed E-state index contributed by atoms with van der Waals surface area (Å²) in [5, 5.41) is 1.16. The number of hydrogen-bond acceptors (Lipinski definition) is 6. The number of nitrogens with zero attached hydrogens (tertiary/aromatic N) is 2. The minimum Gasteiger partial charge on any atom is -0.326 e. The molecule has 0 saturated carbocycles. The molecular formula is C21H18BrF3N2O2S3. The van der Waals surface area contributed by atoms with Gasteiger partial charge in [-0.3, -0.25) is 0 Å². The number of hydrogen-bond donors (Lipinski definition) is 0. The third kappa shape index (κ3) is 6.39. The second-order valence-electron chi connectivity index (χ2n) is 6.19. The molecule has 170 valence electrons. The van der Waals surface area contributed by atoms with E-state index in [9.17, 15) is 13.2 Å². The second kappa shape index (κ2) is 11.4. The first kappa shape index (κ1) is 26.5. The zero-order valence-electron chi connectivity index (χ0n) is 17.2. The lowest BCUT2D eigenvalue weighted by molar-refractivity contribution is -0.191. The number of carbonyl (C=O) groups excluding carboxylic acids is 2. The fraction of sp³-hybridized carbons (Fsp3) is 0.238. The Balaban J connectivity index is 0.00000114. The Morgan fingerprint density at radius 2 is 2.03 bits per heavy atom. The predicted molar refractivity (Wildman–Crippen MR) is 131 cm³/mol. The number of fused-ring (bicyclic) bond motifs is 1. The summed E-state index contributed by atoms with van der Waals surface area (Å²) in [6.45, 7) is 7.36. The highest BCUT2D eigenvalue weighted by Crippen LogP contribution is 2.45. The van der Waals surface area contributed by atoms with E-state index >= 15 is 0 Å². The van der Waals surface area contributed by atoms with Crippen LogP contribution in [-0.4, -0.2) is 27.0 Å². The Bertz CT molecular complexity index is 1190. The standard InChI is InChI=1S/C20H18BrF3N2S3.CO2/c1-5-15-14(9-11(3)29-20(22,23)24)25-19(26(15)4)18-17(27-6-2)13-8-7-12(21)10-16(13)28-18;2-1-3/h5,7-10H,1,6H2,2-4H3;/b11-9+;. The minimum atomic E-state index is -4.32. The summed E-state index contributed by atoms with van der Waals surface area (Å²) >= 11 is 6.76. The van der Waals surface area contributed by atoms with Crippen molar-refractivity contribution in [2.75, 3.05) is 5.75 Å². The molecule has 0 bridgehead atoms. The van der Waals surface area contributed by atoms with Crippen LogP contribution in [0.25, 0.3) is 32.9 Å². The molecule has 0 saturated heterocycles. The lowest BCUT2D eigenvalue weighted by Crippen LogP contribution is -1.99. The second-order valence-corrected chi connectivity index (χ2v) is 10.7. The number of imidazole rings is 1. The third-order valence-electron chi connectivity index (χ3n) is 4.08. The third-order valence-corrected chi connectivity index (χ3v) is 7.52. The largest absolute Gasteiger partial charge is 0.446 e. The molecular weight excluding hydrogens is 545 g/mol. The Morgan fingerprint density at radius 1 is 1.38 bits per heavy atom. The van der Waals surface area contributed by atoms with E-state index in [0.717, 1.165) is 35.9 Å². The van der Waals surface area contributed by atoms with Crippen LogP contribution in [0.1, 0.15) is 25.2 Å². The summed E-state index contributed by atoms with van der Waals surface area (Å²) in [6.07, 6.45) is 3.35. The molecule has 3 rings (SSSR count). The van der Waals surface area contributed by atoms with Gasteiger partial charge in [-0.1, -0.05) is 35.5 Å². The van der Waals surface area contributed by atoms with Crippen molar-refractivity contribution in [1.29, 1.82) is 0 Å². The molecule has 1 aromatic carbocycles. The maximum absolute atomic E-state index is 12.7. The molecule has 0 atom stereocenters. The normalized spacial score (nSPS) is 11.8. The number of halogens is 4. The van der Waals surface area contributed by atoms with E-state index in [-0.39, 0.29) is 22.8 Å². The Morgan fingerprint density at radius 3 is 2.59 bits per heavy atom. The Kier molecular flexibility index (Phi) is 9.41. The van der Waals surface area contributed by atoms with Crippen LogP contribution in [-0.2, 0) is 16.6 Å². The van der Waals surface area contributed by atoms with Gasteiger partial charge in [0.25, 0.3) is 0 Å². The van der Waals surface area contributed by atoms with E-state index in [1.165, 1.54) is 13.0 Å². The molecule has 2 aromatic heterocycles. The molecule has 2 heterocycles. The summed E-state index contributed by atoms with van der Waals surface area (Å²) in [4.78, 5) is 23.2. The fourth-order valence-electron chi connectivity index (χ4n) is 2.97. The maximum atomic E-state index is 12.7. The van der Waals surface area contributed by atoms with Crippen LogP contribution in [0.2, 0.25) is 0 Å². The minimum absolute atomic E-state index is 0.131. The van der Waals surface area contributed by atoms with Crippen LogP contribution in [0.15, 0.2) is 39.1 Å². The number of thiophene rings is 1. The molecule has 0 spiro atoms. The first-order valence-corrected chi connectivity index (χ1v) is 12.4. The first-order valence-electron chi connectivity index (χ1n) is 9.03. The van der Waals surface area contributed by atoms with E-state index in [2.05, 4.69) is 41.6 Å². The molecule has 0 radical (unpaired) electrons. The van der Waals surface area contributed by atoms with Gasteiger partial charge in [-0.25, -0.2) is 4.98 Å². The summed E-state index contributed by atoms with van der Waals surface area (Å²) in [6, 6.07) is 6.17. The number of thioether (sulfide) groups is 2. The van der Waals surface area contributed by atoms with Crippen LogP contribution < -0.4 is 0 Å². The summed E-state index contributed by atoms with van der Waals surface area (Å²) in [5.41, 5.74) is -3.15. The molecule has 0 aliphatic heterocycles. The van der Waals surface area contributed by atoms with Gasteiger partial charge in [-0.15, -0.1) is 23.1 Å². The molecule has 0 aliphatic carbocycles. The number of rotatable bonds is 6. The molecule has 0 amide bonds. The molecule has 4 nitrogen and oxygen atoms in total. The van der Waals surface area contributed by atoms with Gasteiger partial charge >= 0.3 is 11.7 Å². The summed E-state index contributed by atoms with van der Waals surface area (Å²) < 4.78 is 42.1. The van der Waals surface area contributed by atoms with Crippen molar-refractivity contribution in [2.45, 2.75) is 24.3 Å². The van der Waals surface area contributed by atoms with Crippen molar-refractivity contribution in [3.8, 4) is 10.7 Å². The maximum Gasteiger partial charge on any atom is 0.446 e. The van der Waals surface area contributed by atoms with Crippen LogP contribution >= 0.6 is 50.8 Å². The van der Waals surface area contributed by atoms with Crippen molar-refractivity contribution >= 4 is 79.2 Å². The van der Waals surface area contributed by atoms with Gasteiger partial charge in [0.1, 0.15) is 0 Å². The van der Waals surface area contributed by atoms with Crippen LogP contribution in [0, 0.1) is 0 Å². The van der Waals surface area contributed by atoms with Crippen LogP contribution in [0.5, 0.6) is 0 Å². The molecule has 0 aliphatic rings. The quantitative estimate of drug-likeness (QED) is 0.286. The number of benzene rings is 1. The highest BCUT2D eigenvalue weighted by Gasteiger charge is 2.29. The van der Waals surface area contributed by atoms with E-state index in [1.807, 2.05) is 17.7 Å². The Hall–Kier alpha value is -1.78. The van der Waals surface area contributed by atoms with Crippen molar-refractivity contribution in [1.82, 2.24) is 9.55 Å². The van der Waals surface area contributed by atoms with Crippen LogP contribution in [0.4, 0.5) is 13.2 Å². The van der Waals surface area contributed by atoms with Gasteiger partial charge in [-0.05, 0) is 53.6 Å². The molecule has 3 aromatic rings. The lowest BCUT2D eigenvalue weighted by Gasteiger charge is -2.05. The zero-order valence-corrected chi connectivity index (χ0v) is 21.3. The molecule has 0 fully saturated rings. The van der Waals surface area contributed by atoms with Gasteiger partial charge in [0.05, 0.1) is 16.3 Å². The monoisotopic (exact) mass is 562 g/mol. The van der Waals surface area contributed by atoms with E-state index in [1.54, 1.807) is 29.2 Å². The predicted octanol–water partition coefficient (Wildman–Crippen LogP) is 7.85. The van der Waals surface area contributed by atoms with Crippen molar-refractivity contribution in [3.63, 3.8) is 0 Å². The smallest absolute Gasteiger partial charge is 0.326 e. The van der Waals surface area contributed by atoms with Gasteiger partial charge in [0, 0.05) is 26.5 Å². The van der Waals surface area contributed by atoms with E-state index in [4.69, 9.17) is 14.6 Å². The van der Waals surface area contributed by atoms with Crippen molar-refractivity contribution < 1.29 is 22.8 Å². The fourth-order valence-corrected chi connectivity index (χ4v) is 6.39. The molecule has 32 heavy (non-hydrogen) atoms. The number of alkyl halides is 3. The van der Waals surface area contributed by atoms with E-state index in [0.29, 0.717) is 11.4 Å². The molecule has 11 heteroatoms. The zero-order chi connectivity index (χ0) is 24.1. The van der Waals surface area contributed by atoms with E-state index < -0.39 is 5.51 Å². The van der Waals surface area contributed by atoms with Crippen molar-refractivity contribution in [3.05, 3.63) is 45.5 Å². The SMILES string of the molecule is C=Cc1c(/C=C(\C)SC(F)(F)F)nc(-c2sc3cc(Br)ccc3c2SCC)n1C.O=C=O. The summed E-state index contributed by atoms with van der Waals surface area (Å²) in [5.74, 6) is 1.63. The highest BCUT2D eigenvalue weighted by molar-refractivity contribution is 9.10. The highest BCUT2D eigenvalue weighted by atomic mass is 79.9. The average Bonchev–Trinajstić information content (AvgIpc) is 3.17. The average molecular weight is 563 g/mol. The topological polar surface area (TPSA) is 52.0 Å². The number of aromatic nitrogens is 2. The van der Waals surface area contributed by atoms with Gasteiger partial charge in [0.2, 0.25) is 0 Å². The Labute approximate surface area is 204 Å². The van der Waals surface area contributed by atoms with Crippen molar-refractivity contribution in [2.24, 2.45) is 7.05 Å².